The van der Waals surface area contributed by atoms with Gasteiger partial charge in [0.1, 0.15) is 0 Å². The Morgan fingerprint density at radius 1 is 1.25 bits per heavy atom. The summed E-state index contributed by atoms with van der Waals surface area (Å²) in [6.45, 7) is 9.72. The molecular weight excluding hydrogens is 489 g/mol. The first-order chi connectivity index (χ1) is 12.9. The van der Waals surface area contributed by atoms with Crippen LogP contribution in [0.15, 0.2) is 28.1 Å². The van der Waals surface area contributed by atoms with Gasteiger partial charge in [-0.15, -0.1) is 24.0 Å². The lowest BCUT2D eigenvalue weighted by Crippen LogP contribution is -2.46. The van der Waals surface area contributed by atoms with Crippen LogP contribution >= 0.6 is 24.0 Å². The van der Waals surface area contributed by atoms with Gasteiger partial charge in [-0.05, 0) is 57.0 Å². The van der Waals surface area contributed by atoms with E-state index in [1.807, 2.05) is 19.1 Å². The van der Waals surface area contributed by atoms with Gasteiger partial charge in [0.2, 0.25) is 10.0 Å². The fraction of sp³-hybridized carbons (Fsp3) is 0.632. The molecule has 7 nitrogen and oxygen atoms in total. The predicted molar refractivity (Wildman–Crippen MR) is 126 cm³/mol. The number of halogens is 1. The molecule has 0 spiro atoms. The van der Waals surface area contributed by atoms with Gasteiger partial charge in [0.15, 0.2) is 5.96 Å². The van der Waals surface area contributed by atoms with E-state index < -0.39 is 10.0 Å². The molecule has 1 aromatic rings. The van der Waals surface area contributed by atoms with E-state index in [-0.39, 0.29) is 24.0 Å². The van der Waals surface area contributed by atoms with Crippen LogP contribution in [-0.2, 0) is 10.0 Å². The molecule has 1 aromatic carbocycles. The van der Waals surface area contributed by atoms with Gasteiger partial charge in [-0.25, -0.2) is 13.1 Å². The molecule has 1 aliphatic heterocycles. The molecule has 0 radical (unpaired) electrons. The average Bonchev–Trinajstić information content (AvgIpc) is 3.10. The zero-order valence-corrected chi connectivity index (χ0v) is 20.4. The Balaban J connectivity index is 0.00000392. The topological polar surface area (TPSA) is 85.8 Å². The molecule has 1 fully saturated rings. The first-order valence-corrected chi connectivity index (χ1v) is 11.1. The molecule has 1 unspecified atom stereocenters. The lowest BCUT2D eigenvalue weighted by molar-refractivity contribution is 0.267. The highest BCUT2D eigenvalue weighted by Crippen LogP contribution is 2.16. The van der Waals surface area contributed by atoms with E-state index in [9.17, 15) is 8.42 Å². The second-order valence-corrected chi connectivity index (χ2v) is 8.71. The molecular formula is C19H34IN5O2S. The Kier molecular flexibility index (Phi) is 10.7. The molecule has 0 aliphatic carbocycles. The maximum atomic E-state index is 12.5. The summed E-state index contributed by atoms with van der Waals surface area (Å²) < 4.78 is 27.7. The van der Waals surface area contributed by atoms with Crippen LogP contribution in [-0.4, -0.2) is 65.1 Å². The Morgan fingerprint density at radius 3 is 2.68 bits per heavy atom. The average molecular weight is 523 g/mol. The number of likely N-dealkylation sites (N-methyl/N-ethyl adjacent to an activating group) is 1. The summed E-state index contributed by atoms with van der Waals surface area (Å²) in [5.74, 6) is 0.698. The Bertz CT molecular complexity index is 755. The first kappa shape index (κ1) is 25.1. The number of sulfonamides is 1. The van der Waals surface area contributed by atoms with E-state index in [0.29, 0.717) is 30.0 Å². The molecule has 1 aliphatic rings. The van der Waals surface area contributed by atoms with Crippen LogP contribution < -0.4 is 15.4 Å². The van der Waals surface area contributed by atoms with Gasteiger partial charge in [0.05, 0.1) is 4.90 Å². The van der Waals surface area contributed by atoms with Crippen LogP contribution in [0.4, 0.5) is 0 Å². The third-order valence-corrected chi connectivity index (χ3v) is 6.58. The van der Waals surface area contributed by atoms with E-state index >= 15 is 0 Å². The summed E-state index contributed by atoms with van der Waals surface area (Å²) in [6, 6.07) is 5.98. The van der Waals surface area contributed by atoms with Crippen LogP contribution in [0, 0.1) is 13.8 Å². The van der Waals surface area contributed by atoms with Crippen molar-refractivity contribution in [3.05, 3.63) is 29.3 Å². The van der Waals surface area contributed by atoms with Crippen LogP contribution in [0.1, 0.15) is 30.9 Å². The van der Waals surface area contributed by atoms with Crippen molar-refractivity contribution in [1.82, 2.24) is 20.3 Å². The van der Waals surface area contributed by atoms with E-state index in [4.69, 9.17) is 0 Å². The van der Waals surface area contributed by atoms with Crippen molar-refractivity contribution in [2.75, 3.05) is 39.8 Å². The van der Waals surface area contributed by atoms with Crippen molar-refractivity contribution in [1.29, 1.82) is 0 Å². The number of nitrogens with one attached hydrogen (secondary N) is 3. The van der Waals surface area contributed by atoms with E-state index in [1.54, 1.807) is 20.0 Å². The summed E-state index contributed by atoms with van der Waals surface area (Å²) in [5.41, 5.74) is 1.67. The monoisotopic (exact) mass is 523 g/mol. The maximum Gasteiger partial charge on any atom is 0.240 e. The minimum Gasteiger partial charge on any atom is -0.355 e. The van der Waals surface area contributed by atoms with Crippen molar-refractivity contribution in [2.45, 2.75) is 44.6 Å². The van der Waals surface area contributed by atoms with Gasteiger partial charge in [-0.1, -0.05) is 19.1 Å². The lowest BCUT2D eigenvalue weighted by atomic mass is 10.2. The highest BCUT2D eigenvalue weighted by Gasteiger charge is 2.22. The van der Waals surface area contributed by atoms with Crippen molar-refractivity contribution in [3.63, 3.8) is 0 Å². The lowest BCUT2D eigenvalue weighted by Gasteiger charge is -2.24. The Labute approximate surface area is 186 Å². The zero-order valence-electron chi connectivity index (χ0n) is 17.3. The molecule has 2 rings (SSSR count). The first-order valence-electron chi connectivity index (χ1n) is 9.63. The van der Waals surface area contributed by atoms with Gasteiger partial charge in [-0.3, -0.25) is 9.89 Å². The van der Waals surface area contributed by atoms with Gasteiger partial charge in [-0.2, -0.15) is 0 Å². The van der Waals surface area contributed by atoms with E-state index in [0.717, 1.165) is 30.8 Å². The van der Waals surface area contributed by atoms with Crippen molar-refractivity contribution < 1.29 is 8.42 Å². The number of hydrogen-bond donors (Lipinski definition) is 3. The summed E-state index contributed by atoms with van der Waals surface area (Å²) in [5, 5.41) is 6.51. The number of aryl methyl sites for hydroxylation is 2. The molecule has 1 heterocycles. The minimum absolute atomic E-state index is 0. The second-order valence-electron chi connectivity index (χ2n) is 6.97. The number of hydrogen-bond acceptors (Lipinski definition) is 4. The van der Waals surface area contributed by atoms with Gasteiger partial charge >= 0.3 is 0 Å². The summed E-state index contributed by atoms with van der Waals surface area (Å²) in [6.07, 6.45) is 2.44. The highest BCUT2D eigenvalue weighted by atomic mass is 127. The molecule has 160 valence electrons. The molecule has 0 aromatic heterocycles. The van der Waals surface area contributed by atoms with Gasteiger partial charge in [0.25, 0.3) is 0 Å². The third kappa shape index (κ3) is 7.16. The Hall–Kier alpha value is -0.910. The molecule has 0 saturated carbocycles. The Morgan fingerprint density at radius 2 is 2.00 bits per heavy atom. The molecule has 28 heavy (non-hydrogen) atoms. The van der Waals surface area contributed by atoms with Crippen LogP contribution in [0.3, 0.4) is 0 Å². The largest absolute Gasteiger partial charge is 0.355 e. The molecule has 9 heteroatoms. The van der Waals surface area contributed by atoms with Crippen LogP contribution in [0.25, 0.3) is 0 Å². The number of aliphatic imine (C=N–C) groups is 1. The third-order valence-electron chi connectivity index (χ3n) is 4.98. The normalized spacial score (nSPS) is 18.0. The zero-order chi connectivity index (χ0) is 19.9. The molecule has 0 amide bonds. The summed E-state index contributed by atoms with van der Waals surface area (Å²) >= 11 is 0. The minimum atomic E-state index is -3.51. The van der Waals surface area contributed by atoms with E-state index in [1.165, 1.54) is 12.8 Å². The number of likely N-dealkylation sites (tertiary alicyclic amines) is 1. The highest BCUT2D eigenvalue weighted by molar-refractivity contribution is 14.0. The van der Waals surface area contributed by atoms with Gasteiger partial charge in [0, 0.05) is 32.7 Å². The smallest absolute Gasteiger partial charge is 0.240 e. The molecule has 1 saturated heterocycles. The van der Waals surface area contributed by atoms with Crippen molar-refractivity contribution in [3.8, 4) is 0 Å². The maximum absolute atomic E-state index is 12.5. The van der Waals surface area contributed by atoms with Crippen LogP contribution in [0.2, 0.25) is 0 Å². The number of rotatable bonds is 8. The number of benzene rings is 1. The standard InChI is InChI=1S/C19H33N5O2S.HI/c1-5-24-12-6-7-17(24)14-22-19(20-4)21-10-11-23-27(25,26)18-13-15(2)8-9-16(18)3;/h8-9,13,17,23H,5-7,10-12,14H2,1-4H3,(H2,20,21,22);1H. The number of nitrogens with zero attached hydrogens (tertiary/aromatic N) is 2. The molecule has 3 N–H and O–H groups in total. The predicted octanol–water partition coefficient (Wildman–Crippen LogP) is 1.85. The fourth-order valence-electron chi connectivity index (χ4n) is 3.42. The number of guanidine groups is 1. The molecule has 0 bridgehead atoms. The van der Waals surface area contributed by atoms with Crippen molar-refractivity contribution >= 4 is 40.0 Å². The summed E-state index contributed by atoms with van der Waals surface area (Å²) in [4.78, 5) is 7.03. The second kappa shape index (κ2) is 11.9. The molecule has 1 atom stereocenters. The van der Waals surface area contributed by atoms with Crippen LogP contribution in [0.5, 0.6) is 0 Å². The van der Waals surface area contributed by atoms with Gasteiger partial charge < -0.3 is 10.6 Å². The quantitative estimate of drug-likeness (QED) is 0.210. The SMILES string of the molecule is CCN1CCCC1CNC(=NC)NCCNS(=O)(=O)c1cc(C)ccc1C.I. The van der Waals surface area contributed by atoms with E-state index in [2.05, 4.69) is 32.2 Å². The summed E-state index contributed by atoms with van der Waals surface area (Å²) in [7, 11) is -1.79. The fourth-order valence-corrected chi connectivity index (χ4v) is 4.78. The van der Waals surface area contributed by atoms with Crippen molar-refractivity contribution in [2.24, 2.45) is 4.99 Å².